The third-order valence-electron chi connectivity index (χ3n) is 3.02. The van der Waals surface area contributed by atoms with E-state index in [1.54, 1.807) is 30.3 Å². The maximum Gasteiger partial charge on any atom is 0.339 e. The highest BCUT2D eigenvalue weighted by molar-refractivity contribution is 6.02. The lowest BCUT2D eigenvalue weighted by atomic mass is 10.1. The summed E-state index contributed by atoms with van der Waals surface area (Å²) < 4.78 is 15.7. The second-order valence-corrected chi connectivity index (χ2v) is 4.49. The molecule has 0 aliphatic heterocycles. The molecule has 2 rings (SSSR count). The average Bonchev–Trinajstić information content (AvgIpc) is 2.58. The molecule has 0 saturated carbocycles. The van der Waals surface area contributed by atoms with Gasteiger partial charge in [0.2, 0.25) is 0 Å². The molecule has 120 valence electrons. The van der Waals surface area contributed by atoms with E-state index in [9.17, 15) is 9.59 Å². The first-order chi connectivity index (χ1) is 11.1. The van der Waals surface area contributed by atoms with Crippen molar-refractivity contribution in [2.75, 3.05) is 20.3 Å². The first kappa shape index (κ1) is 16.4. The van der Waals surface area contributed by atoms with Crippen LogP contribution in [0.4, 0.5) is 0 Å². The van der Waals surface area contributed by atoms with Crippen LogP contribution in [0.25, 0.3) is 0 Å². The molecule has 0 radical (unpaired) electrons. The van der Waals surface area contributed by atoms with E-state index in [0.29, 0.717) is 11.5 Å². The Morgan fingerprint density at radius 3 is 2.17 bits per heavy atom. The summed E-state index contributed by atoms with van der Waals surface area (Å²) in [6.45, 7) is 0.117. The molecule has 0 saturated heterocycles. The van der Waals surface area contributed by atoms with E-state index in [2.05, 4.69) is 0 Å². The van der Waals surface area contributed by atoms with Crippen LogP contribution in [0.15, 0.2) is 48.5 Å². The minimum Gasteiger partial charge on any atom is -0.493 e. The van der Waals surface area contributed by atoms with Gasteiger partial charge in [0, 0.05) is 0 Å². The molecule has 1 N–H and O–H groups in total. The number of benzene rings is 2. The van der Waals surface area contributed by atoms with Crippen LogP contribution in [0.1, 0.15) is 20.7 Å². The molecule has 6 heteroatoms. The lowest BCUT2D eigenvalue weighted by Gasteiger charge is -2.11. The Morgan fingerprint density at radius 2 is 1.52 bits per heavy atom. The number of carboxylic acids is 1. The van der Waals surface area contributed by atoms with Crippen LogP contribution in [0, 0.1) is 0 Å². The van der Waals surface area contributed by atoms with Crippen LogP contribution in [0.5, 0.6) is 11.5 Å². The first-order valence-electron chi connectivity index (χ1n) is 6.88. The first-order valence-corrected chi connectivity index (χ1v) is 6.88. The molecule has 0 amide bonds. The Labute approximate surface area is 133 Å². The summed E-state index contributed by atoms with van der Waals surface area (Å²) in [5.74, 6) is -0.763. The predicted octanol–water partition coefficient (Wildman–Crippen LogP) is 2.63. The molecule has 0 unspecified atom stereocenters. The van der Waals surface area contributed by atoms with Gasteiger partial charge in [-0.15, -0.1) is 0 Å². The molecule has 0 bridgehead atoms. The number of hydrogen-bond donors (Lipinski definition) is 1. The van der Waals surface area contributed by atoms with Crippen LogP contribution in [-0.4, -0.2) is 37.4 Å². The molecule has 2 aromatic rings. The number of rotatable bonds is 7. The number of carbonyl (C=O) groups is 2. The molecular formula is C17H16O6. The molecule has 2 aromatic carbocycles. The van der Waals surface area contributed by atoms with Crippen molar-refractivity contribution in [1.82, 2.24) is 0 Å². The summed E-state index contributed by atoms with van der Waals surface area (Å²) in [6, 6.07) is 13.0. The Kier molecular flexibility index (Phi) is 5.57. The number of methoxy groups -OCH3 is 1. The van der Waals surface area contributed by atoms with Crippen molar-refractivity contribution in [1.29, 1.82) is 0 Å². The molecule has 0 spiro atoms. The standard InChI is InChI=1S/C17H16O6/c1-21-14-8-4-5-9-15(14)22-10-11-23-17(20)13-7-3-2-6-12(13)16(18)19/h2-9H,10-11H2,1H3,(H,18,19). The number of carbonyl (C=O) groups excluding carboxylic acids is 1. The molecule has 0 aromatic heterocycles. The average molecular weight is 316 g/mol. The highest BCUT2D eigenvalue weighted by Crippen LogP contribution is 2.25. The third kappa shape index (κ3) is 4.23. The van der Waals surface area contributed by atoms with Gasteiger partial charge in [-0.25, -0.2) is 9.59 Å². The van der Waals surface area contributed by atoms with Crippen molar-refractivity contribution < 1.29 is 28.9 Å². The van der Waals surface area contributed by atoms with Crippen molar-refractivity contribution in [3.8, 4) is 11.5 Å². The Morgan fingerprint density at radius 1 is 0.913 bits per heavy atom. The minimum atomic E-state index is -1.18. The summed E-state index contributed by atoms with van der Waals surface area (Å²) >= 11 is 0. The van der Waals surface area contributed by atoms with E-state index in [1.165, 1.54) is 19.2 Å². The molecular weight excluding hydrogens is 300 g/mol. The molecule has 0 aliphatic rings. The lowest BCUT2D eigenvalue weighted by molar-refractivity contribution is 0.0441. The summed E-state index contributed by atoms with van der Waals surface area (Å²) in [4.78, 5) is 23.0. The highest BCUT2D eigenvalue weighted by Gasteiger charge is 2.16. The zero-order chi connectivity index (χ0) is 16.7. The number of aromatic carboxylic acids is 1. The number of hydrogen-bond acceptors (Lipinski definition) is 5. The van der Waals surface area contributed by atoms with E-state index in [0.717, 1.165) is 0 Å². The SMILES string of the molecule is COc1ccccc1OCCOC(=O)c1ccccc1C(=O)O. The fraction of sp³-hybridized carbons (Fsp3) is 0.176. The van der Waals surface area contributed by atoms with Gasteiger partial charge in [0.1, 0.15) is 13.2 Å². The number of carboxylic acid groups (broad SMARTS) is 1. The van der Waals surface area contributed by atoms with Gasteiger partial charge < -0.3 is 19.3 Å². The monoisotopic (exact) mass is 316 g/mol. The largest absolute Gasteiger partial charge is 0.493 e. The van der Waals surface area contributed by atoms with E-state index in [1.807, 2.05) is 6.07 Å². The summed E-state index contributed by atoms with van der Waals surface area (Å²) in [5.41, 5.74) is -0.0829. The number of para-hydroxylation sites is 2. The molecule has 0 heterocycles. The topological polar surface area (TPSA) is 82.1 Å². The van der Waals surface area contributed by atoms with Crippen molar-refractivity contribution in [3.63, 3.8) is 0 Å². The zero-order valence-corrected chi connectivity index (χ0v) is 12.5. The zero-order valence-electron chi connectivity index (χ0n) is 12.5. The van der Waals surface area contributed by atoms with Gasteiger partial charge >= 0.3 is 11.9 Å². The van der Waals surface area contributed by atoms with Crippen LogP contribution < -0.4 is 9.47 Å². The quantitative estimate of drug-likeness (QED) is 0.624. The highest BCUT2D eigenvalue weighted by atomic mass is 16.6. The van der Waals surface area contributed by atoms with Crippen LogP contribution in [-0.2, 0) is 4.74 Å². The van der Waals surface area contributed by atoms with Gasteiger partial charge in [-0.05, 0) is 24.3 Å². The van der Waals surface area contributed by atoms with E-state index in [-0.39, 0.29) is 24.3 Å². The molecule has 0 fully saturated rings. The van der Waals surface area contributed by atoms with E-state index in [4.69, 9.17) is 19.3 Å². The fourth-order valence-electron chi connectivity index (χ4n) is 1.95. The second kappa shape index (κ2) is 7.84. The maximum atomic E-state index is 11.9. The van der Waals surface area contributed by atoms with E-state index >= 15 is 0 Å². The molecule has 0 aliphatic carbocycles. The van der Waals surface area contributed by atoms with E-state index < -0.39 is 11.9 Å². The normalized spacial score (nSPS) is 9.96. The maximum absolute atomic E-state index is 11.9. The minimum absolute atomic E-state index is 0.00909. The Balaban J connectivity index is 1.89. The lowest BCUT2D eigenvalue weighted by Crippen LogP contribution is -2.15. The molecule has 23 heavy (non-hydrogen) atoms. The van der Waals surface area contributed by atoms with Crippen LogP contribution >= 0.6 is 0 Å². The van der Waals surface area contributed by atoms with Crippen molar-refractivity contribution in [2.24, 2.45) is 0 Å². The fourth-order valence-corrected chi connectivity index (χ4v) is 1.95. The number of ether oxygens (including phenoxy) is 3. The summed E-state index contributed by atoms with van der Waals surface area (Å²) in [7, 11) is 1.53. The Hall–Kier alpha value is -3.02. The van der Waals surface area contributed by atoms with Gasteiger partial charge in [0.25, 0.3) is 0 Å². The van der Waals surface area contributed by atoms with Gasteiger partial charge in [-0.1, -0.05) is 24.3 Å². The third-order valence-corrected chi connectivity index (χ3v) is 3.02. The van der Waals surface area contributed by atoms with Crippen molar-refractivity contribution in [3.05, 3.63) is 59.7 Å². The van der Waals surface area contributed by atoms with Crippen molar-refractivity contribution >= 4 is 11.9 Å². The van der Waals surface area contributed by atoms with Gasteiger partial charge in [-0.3, -0.25) is 0 Å². The van der Waals surface area contributed by atoms with Crippen molar-refractivity contribution in [2.45, 2.75) is 0 Å². The Bertz CT molecular complexity index is 695. The van der Waals surface area contributed by atoms with Crippen LogP contribution in [0.2, 0.25) is 0 Å². The van der Waals surface area contributed by atoms with Gasteiger partial charge in [-0.2, -0.15) is 0 Å². The summed E-state index contributed by atoms with van der Waals surface area (Å²) in [5, 5.41) is 9.05. The van der Waals surface area contributed by atoms with Gasteiger partial charge in [0.05, 0.1) is 18.2 Å². The number of esters is 1. The predicted molar refractivity (Wildman–Crippen MR) is 82.2 cm³/mol. The second-order valence-electron chi connectivity index (χ2n) is 4.49. The smallest absolute Gasteiger partial charge is 0.339 e. The molecule has 0 atom stereocenters. The summed E-state index contributed by atoms with van der Waals surface area (Å²) in [6.07, 6.45) is 0. The van der Waals surface area contributed by atoms with Crippen LogP contribution in [0.3, 0.4) is 0 Å². The molecule has 6 nitrogen and oxygen atoms in total. The van der Waals surface area contributed by atoms with Gasteiger partial charge in [0.15, 0.2) is 11.5 Å².